The molecule has 23 heavy (non-hydrogen) atoms. The third kappa shape index (κ3) is 2.49. The summed E-state index contributed by atoms with van der Waals surface area (Å²) in [5.41, 5.74) is 4.40. The van der Waals surface area contributed by atoms with Gasteiger partial charge in [-0.05, 0) is 23.1 Å². The van der Waals surface area contributed by atoms with E-state index in [9.17, 15) is 4.79 Å². The van der Waals surface area contributed by atoms with Gasteiger partial charge in [0.2, 0.25) is 0 Å². The third-order valence-electron chi connectivity index (χ3n) is 4.79. The monoisotopic (exact) mass is 298 g/mol. The number of hydrogen-bond donors (Lipinski definition) is 0. The quantitative estimate of drug-likeness (QED) is 0.651. The van der Waals surface area contributed by atoms with Gasteiger partial charge in [-0.15, -0.1) is 0 Å². The van der Waals surface area contributed by atoms with Crippen molar-refractivity contribution in [1.29, 1.82) is 0 Å². The van der Waals surface area contributed by atoms with Crippen LogP contribution >= 0.6 is 0 Å². The molecule has 0 saturated heterocycles. The summed E-state index contributed by atoms with van der Waals surface area (Å²) < 4.78 is 0. The van der Waals surface area contributed by atoms with Gasteiger partial charge in [0, 0.05) is 11.5 Å². The second-order valence-electron chi connectivity index (χ2n) is 6.13. The molecule has 0 radical (unpaired) electrons. The van der Waals surface area contributed by atoms with Gasteiger partial charge >= 0.3 is 0 Å². The predicted molar refractivity (Wildman–Crippen MR) is 92.8 cm³/mol. The minimum absolute atomic E-state index is 0.103. The second-order valence-corrected chi connectivity index (χ2v) is 6.13. The lowest BCUT2D eigenvalue weighted by atomic mass is 9.69. The van der Waals surface area contributed by atoms with E-state index < -0.39 is 0 Å². The first-order chi connectivity index (χ1) is 11.3. The molecule has 0 aromatic heterocycles. The molecule has 4 rings (SSSR count). The van der Waals surface area contributed by atoms with Gasteiger partial charge < -0.3 is 0 Å². The molecule has 0 saturated carbocycles. The van der Waals surface area contributed by atoms with Gasteiger partial charge in [-0.1, -0.05) is 84.9 Å². The SMILES string of the molecule is O=C1c2ccccc2C[C@H](c2ccccc2)[C@H]1c1ccccc1. The Morgan fingerprint density at radius 1 is 0.652 bits per heavy atom. The summed E-state index contributed by atoms with van der Waals surface area (Å²) in [6.07, 6.45) is 0.908. The number of ketones is 1. The van der Waals surface area contributed by atoms with E-state index in [1.165, 1.54) is 11.1 Å². The molecule has 0 heterocycles. The highest BCUT2D eigenvalue weighted by molar-refractivity contribution is 6.04. The zero-order valence-corrected chi connectivity index (χ0v) is 12.9. The molecular formula is C22H18O. The Morgan fingerprint density at radius 2 is 1.22 bits per heavy atom. The number of rotatable bonds is 2. The molecule has 0 amide bonds. The number of Topliss-reactive ketones (excluding diaryl/α,β-unsaturated/α-hetero) is 1. The topological polar surface area (TPSA) is 17.1 Å². The Balaban J connectivity index is 1.87. The number of carbonyl (C=O) groups is 1. The Morgan fingerprint density at radius 3 is 1.91 bits per heavy atom. The molecule has 0 spiro atoms. The Labute approximate surface area is 136 Å². The molecule has 3 aromatic rings. The zero-order valence-electron chi connectivity index (χ0n) is 12.9. The minimum Gasteiger partial charge on any atom is -0.293 e. The van der Waals surface area contributed by atoms with E-state index in [1.54, 1.807) is 0 Å². The van der Waals surface area contributed by atoms with Crippen LogP contribution in [0.5, 0.6) is 0 Å². The maximum absolute atomic E-state index is 13.2. The van der Waals surface area contributed by atoms with Crippen LogP contribution < -0.4 is 0 Å². The van der Waals surface area contributed by atoms with Crippen molar-refractivity contribution < 1.29 is 4.79 Å². The van der Waals surface area contributed by atoms with Crippen molar-refractivity contribution in [3.63, 3.8) is 0 Å². The molecule has 0 aliphatic heterocycles. The van der Waals surface area contributed by atoms with Crippen LogP contribution in [0.25, 0.3) is 0 Å². The molecule has 3 aromatic carbocycles. The smallest absolute Gasteiger partial charge is 0.171 e. The summed E-state index contributed by atoms with van der Waals surface area (Å²) in [7, 11) is 0. The van der Waals surface area contributed by atoms with Crippen LogP contribution in [0.3, 0.4) is 0 Å². The van der Waals surface area contributed by atoms with Crippen molar-refractivity contribution in [2.75, 3.05) is 0 Å². The first-order valence-corrected chi connectivity index (χ1v) is 8.06. The maximum atomic E-state index is 13.2. The highest BCUT2D eigenvalue weighted by Gasteiger charge is 2.36. The van der Waals surface area contributed by atoms with E-state index in [1.807, 2.05) is 42.5 Å². The average Bonchev–Trinajstić information content (AvgIpc) is 2.63. The molecule has 1 aliphatic carbocycles. The highest BCUT2D eigenvalue weighted by atomic mass is 16.1. The van der Waals surface area contributed by atoms with Crippen LogP contribution in [0.15, 0.2) is 84.9 Å². The van der Waals surface area contributed by atoms with Gasteiger partial charge in [-0.2, -0.15) is 0 Å². The number of fused-ring (bicyclic) bond motifs is 1. The number of benzene rings is 3. The molecule has 112 valence electrons. The first-order valence-electron chi connectivity index (χ1n) is 8.06. The van der Waals surface area contributed by atoms with Gasteiger partial charge in [0.15, 0.2) is 5.78 Å². The summed E-state index contributed by atoms with van der Waals surface area (Å²) >= 11 is 0. The van der Waals surface area contributed by atoms with E-state index in [-0.39, 0.29) is 17.6 Å². The van der Waals surface area contributed by atoms with Crippen molar-refractivity contribution in [3.05, 3.63) is 107 Å². The van der Waals surface area contributed by atoms with E-state index in [4.69, 9.17) is 0 Å². The standard InChI is InChI=1S/C22H18O/c23-22-19-14-8-7-13-18(19)15-20(16-9-3-1-4-10-16)21(22)17-11-5-2-6-12-17/h1-14,20-21H,15H2/t20-,21-/m1/s1. The normalized spacial score (nSPS) is 20.1. The summed E-state index contributed by atoms with van der Waals surface area (Å²) in [5.74, 6) is 0.335. The molecule has 1 heteroatoms. The average molecular weight is 298 g/mol. The molecule has 0 unspecified atom stereocenters. The minimum atomic E-state index is -0.103. The molecular weight excluding hydrogens is 280 g/mol. The molecule has 0 fully saturated rings. The fourth-order valence-electron chi connectivity index (χ4n) is 3.70. The van der Waals surface area contributed by atoms with Crippen molar-refractivity contribution in [1.82, 2.24) is 0 Å². The van der Waals surface area contributed by atoms with Crippen LogP contribution in [0.2, 0.25) is 0 Å². The number of hydrogen-bond acceptors (Lipinski definition) is 1. The maximum Gasteiger partial charge on any atom is 0.171 e. The van der Waals surface area contributed by atoms with Crippen LogP contribution in [-0.4, -0.2) is 5.78 Å². The molecule has 0 N–H and O–H groups in total. The molecule has 2 atom stereocenters. The summed E-state index contributed by atoms with van der Waals surface area (Å²) in [6.45, 7) is 0. The summed E-state index contributed by atoms with van der Waals surface area (Å²) in [5, 5.41) is 0. The van der Waals surface area contributed by atoms with E-state index in [0.29, 0.717) is 0 Å². The lowest BCUT2D eigenvalue weighted by molar-refractivity contribution is 0.0935. The van der Waals surface area contributed by atoms with Crippen molar-refractivity contribution in [2.24, 2.45) is 0 Å². The first kappa shape index (κ1) is 14.0. The second kappa shape index (κ2) is 5.85. The van der Waals surface area contributed by atoms with Crippen LogP contribution in [0.1, 0.15) is 38.9 Å². The molecule has 1 nitrogen and oxygen atoms in total. The van der Waals surface area contributed by atoms with Crippen LogP contribution in [-0.2, 0) is 6.42 Å². The van der Waals surface area contributed by atoms with Crippen LogP contribution in [0.4, 0.5) is 0 Å². The predicted octanol–water partition coefficient (Wildman–Crippen LogP) is 4.99. The van der Waals surface area contributed by atoms with E-state index in [2.05, 4.69) is 42.5 Å². The largest absolute Gasteiger partial charge is 0.293 e. The molecule has 1 aliphatic rings. The van der Waals surface area contributed by atoms with Crippen molar-refractivity contribution in [2.45, 2.75) is 18.3 Å². The third-order valence-corrected chi connectivity index (χ3v) is 4.79. The van der Waals surface area contributed by atoms with E-state index in [0.717, 1.165) is 17.5 Å². The Kier molecular flexibility index (Phi) is 3.55. The molecule has 0 bridgehead atoms. The fraction of sp³-hybridized carbons (Fsp3) is 0.136. The van der Waals surface area contributed by atoms with Crippen LogP contribution in [0, 0.1) is 0 Å². The van der Waals surface area contributed by atoms with Gasteiger partial charge in [-0.25, -0.2) is 0 Å². The van der Waals surface area contributed by atoms with Gasteiger partial charge in [-0.3, -0.25) is 4.79 Å². The van der Waals surface area contributed by atoms with Crippen molar-refractivity contribution >= 4 is 5.78 Å². The van der Waals surface area contributed by atoms with Gasteiger partial charge in [0.1, 0.15) is 0 Å². The lowest BCUT2D eigenvalue weighted by Gasteiger charge is -2.32. The highest BCUT2D eigenvalue weighted by Crippen LogP contribution is 2.42. The zero-order chi connectivity index (χ0) is 15.6. The van der Waals surface area contributed by atoms with Crippen molar-refractivity contribution in [3.8, 4) is 0 Å². The summed E-state index contributed by atoms with van der Waals surface area (Å²) in [4.78, 5) is 13.2. The van der Waals surface area contributed by atoms with E-state index >= 15 is 0 Å². The summed E-state index contributed by atoms with van der Waals surface area (Å²) in [6, 6.07) is 28.7. The lowest BCUT2D eigenvalue weighted by Crippen LogP contribution is -2.28. The number of carbonyl (C=O) groups excluding carboxylic acids is 1. The van der Waals surface area contributed by atoms with Gasteiger partial charge in [0.25, 0.3) is 0 Å². The fourth-order valence-corrected chi connectivity index (χ4v) is 3.70. The Hall–Kier alpha value is -2.67. The Bertz CT molecular complexity index is 821. The van der Waals surface area contributed by atoms with Gasteiger partial charge in [0.05, 0.1) is 5.92 Å².